The van der Waals surface area contributed by atoms with Gasteiger partial charge in [0.05, 0.1) is 0 Å². The predicted molar refractivity (Wildman–Crippen MR) is 61.3 cm³/mol. The van der Waals surface area contributed by atoms with E-state index in [1.165, 1.54) is 17.4 Å². The summed E-state index contributed by atoms with van der Waals surface area (Å²) in [4.78, 5) is 0. The third-order valence-electron chi connectivity index (χ3n) is 1.80. The number of hydrogen-bond acceptors (Lipinski definition) is 4. The highest BCUT2D eigenvalue weighted by atomic mass is 79.9. The van der Waals surface area contributed by atoms with E-state index >= 15 is 0 Å². The van der Waals surface area contributed by atoms with Crippen molar-refractivity contribution in [2.75, 3.05) is 5.32 Å². The van der Waals surface area contributed by atoms with Gasteiger partial charge in [-0.15, -0.1) is 10.2 Å². The summed E-state index contributed by atoms with van der Waals surface area (Å²) in [5, 5.41) is 11.2. The van der Waals surface area contributed by atoms with Gasteiger partial charge in [-0.3, -0.25) is 0 Å². The molecule has 0 saturated carbocycles. The number of nitrogens with one attached hydrogen (secondary N) is 1. The fraction of sp³-hybridized carbons (Fsp3) is 0.111. The molecule has 0 fully saturated rings. The fourth-order valence-electron chi connectivity index (χ4n) is 1.10. The largest absolute Gasteiger partial charge is 0.356 e. The van der Waals surface area contributed by atoms with Gasteiger partial charge in [-0.1, -0.05) is 27.3 Å². The summed E-state index contributed by atoms with van der Waals surface area (Å²) in [6, 6.07) is 4.84. The molecule has 1 heterocycles. The Morgan fingerprint density at radius 1 is 1.47 bits per heavy atom. The van der Waals surface area contributed by atoms with E-state index in [2.05, 4.69) is 31.4 Å². The molecular weight excluding hydrogens is 281 g/mol. The molecule has 2 rings (SSSR count). The smallest absolute Gasteiger partial charge is 0.205 e. The van der Waals surface area contributed by atoms with Gasteiger partial charge in [0, 0.05) is 16.6 Å². The Kier molecular flexibility index (Phi) is 3.27. The van der Waals surface area contributed by atoms with Crippen molar-refractivity contribution in [3.05, 3.63) is 39.6 Å². The molecule has 0 radical (unpaired) electrons. The van der Waals surface area contributed by atoms with Gasteiger partial charge in [0.25, 0.3) is 0 Å². The molecular formula is C9H7BrFN3S. The van der Waals surface area contributed by atoms with Gasteiger partial charge in [-0.2, -0.15) is 0 Å². The van der Waals surface area contributed by atoms with Crippen LogP contribution in [0.1, 0.15) is 5.56 Å². The number of anilines is 1. The van der Waals surface area contributed by atoms with Crippen molar-refractivity contribution in [2.45, 2.75) is 6.54 Å². The molecule has 1 aromatic heterocycles. The first-order chi connectivity index (χ1) is 7.25. The average Bonchev–Trinajstić information content (AvgIpc) is 2.72. The topological polar surface area (TPSA) is 37.8 Å². The SMILES string of the molecule is Fc1ccc(Br)cc1CNc1nncs1. The highest BCUT2D eigenvalue weighted by molar-refractivity contribution is 9.10. The second-order valence-corrected chi connectivity index (χ2v) is 4.58. The number of nitrogens with zero attached hydrogens (tertiary/aromatic N) is 2. The van der Waals surface area contributed by atoms with Crippen LogP contribution in [0.15, 0.2) is 28.2 Å². The molecule has 1 N–H and O–H groups in total. The maximum Gasteiger partial charge on any atom is 0.205 e. The van der Waals surface area contributed by atoms with E-state index in [0.29, 0.717) is 17.2 Å². The van der Waals surface area contributed by atoms with Crippen LogP contribution in [0.2, 0.25) is 0 Å². The van der Waals surface area contributed by atoms with E-state index in [4.69, 9.17) is 0 Å². The lowest BCUT2D eigenvalue weighted by molar-refractivity contribution is 0.612. The molecule has 0 aliphatic rings. The Bertz CT molecular complexity index is 447. The zero-order chi connectivity index (χ0) is 10.7. The molecule has 0 atom stereocenters. The molecule has 0 spiro atoms. The fourth-order valence-corrected chi connectivity index (χ4v) is 1.95. The molecule has 78 valence electrons. The molecule has 6 heteroatoms. The summed E-state index contributed by atoms with van der Waals surface area (Å²) in [6.45, 7) is 0.403. The molecule has 1 aromatic carbocycles. The second kappa shape index (κ2) is 4.67. The highest BCUT2D eigenvalue weighted by Crippen LogP contribution is 2.17. The summed E-state index contributed by atoms with van der Waals surface area (Å²) >= 11 is 4.68. The maximum absolute atomic E-state index is 13.3. The van der Waals surface area contributed by atoms with Crippen molar-refractivity contribution in [1.82, 2.24) is 10.2 Å². The van der Waals surface area contributed by atoms with Crippen LogP contribution in [0.4, 0.5) is 9.52 Å². The first-order valence-corrected chi connectivity index (χ1v) is 5.87. The van der Waals surface area contributed by atoms with Crippen LogP contribution in [0.25, 0.3) is 0 Å². The van der Waals surface area contributed by atoms with Crippen molar-refractivity contribution in [2.24, 2.45) is 0 Å². The molecule has 0 aliphatic heterocycles. The van der Waals surface area contributed by atoms with Crippen molar-refractivity contribution >= 4 is 32.4 Å². The van der Waals surface area contributed by atoms with E-state index < -0.39 is 0 Å². The third-order valence-corrected chi connectivity index (χ3v) is 2.94. The first kappa shape index (κ1) is 10.5. The van der Waals surface area contributed by atoms with Gasteiger partial charge in [0.2, 0.25) is 5.13 Å². The predicted octanol–water partition coefficient (Wildman–Crippen LogP) is 3.05. The van der Waals surface area contributed by atoms with Gasteiger partial charge < -0.3 is 5.32 Å². The number of benzene rings is 1. The zero-order valence-corrected chi connectivity index (χ0v) is 9.98. The van der Waals surface area contributed by atoms with Crippen LogP contribution in [-0.4, -0.2) is 10.2 Å². The minimum atomic E-state index is -0.227. The quantitative estimate of drug-likeness (QED) is 0.943. The van der Waals surface area contributed by atoms with Crippen LogP contribution in [0.3, 0.4) is 0 Å². The van der Waals surface area contributed by atoms with Crippen LogP contribution in [0.5, 0.6) is 0 Å². The highest BCUT2D eigenvalue weighted by Gasteiger charge is 2.03. The van der Waals surface area contributed by atoms with Crippen molar-refractivity contribution in [3.63, 3.8) is 0 Å². The van der Waals surface area contributed by atoms with Gasteiger partial charge in [0.1, 0.15) is 11.3 Å². The van der Waals surface area contributed by atoms with E-state index in [1.54, 1.807) is 17.6 Å². The van der Waals surface area contributed by atoms with Crippen LogP contribution in [-0.2, 0) is 6.54 Å². The lowest BCUT2D eigenvalue weighted by Gasteiger charge is -2.04. The lowest BCUT2D eigenvalue weighted by atomic mass is 10.2. The summed E-state index contributed by atoms with van der Waals surface area (Å²) in [5.41, 5.74) is 2.22. The van der Waals surface area contributed by atoms with Crippen LogP contribution < -0.4 is 5.32 Å². The molecule has 0 unspecified atom stereocenters. The van der Waals surface area contributed by atoms with Gasteiger partial charge >= 0.3 is 0 Å². The molecule has 0 saturated heterocycles. The Labute approximate surface area is 98.5 Å². The number of aromatic nitrogens is 2. The molecule has 0 amide bonds. The summed E-state index contributed by atoms with van der Waals surface area (Å²) < 4.78 is 14.2. The minimum absolute atomic E-state index is 0.227. The Balaban J connectivity index is 2.07. The Morgan fingerprint density at radius 3 is 3.07 bits per heavy atom. The molecule has 3 nitrogen and oxygen atoms in total. The van der Waals surface area contributed by atoms with Crippen molar-refractivity contribution in [1.29, 1.82) is 0 Å². The Hall–Kier alpha value is -1.01. The monoisotopic (exact) mass is 287 g/mol. The molecule has 0 bridgehead atoms. The lowest BCUT2D eigenvalue weighted by Crippen LogP contribution is -2.01. The third kappa shape index (κ3) is 2.73. The van der Waals surface area contributed by atoms with Gasteiger partial charge in [0.15, 0.2) is 0 Å². The molecule has 0 aliphatic carbocycles. The first-order valence-electron chi connectivity index (χ1n) is 4.19. The average molecular weight is 288 g/mol. The van der Waals surface area contributed by atoms with Crippen LogP contribution >= 0.6 is 27.3 Å². The number of hydrogen-bond donors (Lipinski definition) is 1. The van der Waals surface area contributed by atoms with Crippen molar-refractivity contribution < 1.29 is 4.39 Å². The van der Waals surface area contributed by atoms with E-state index in [0.717, 1.165) is 4.47 Å². The molecule has 2 aromatic rings. The Morgan fingerprint density at radius 2 is 2.33 bits per heavy atom. The van der Waals surface area contributed by atoms with E-state index in [-0.39, 0.29) is 5.82 Å². The number of rotatable bonds is 3. The van der Waals surface area contributed by atoms with E-state index in [9.17, 15) is 4.39 Å². The molecule has 15 heavy (non-hydrogen) atoms. The van der Waals surface area contributed by atoms with Crippen LogP contribution in [0, 0.1) is 5.82 Å². The maximum atomic E-state index is 13.3. The summed E-state index contributed by atoms with van der Waals surface area (Å²) in [6.07, 6.45) is 0. The van der Waals surface area contributed by atoms with Crippen molar-refractivity contribution in [3.8, 4) is 0 Å². The second-order valence-electron chi connectivity index (χ2n) is 2.83. The van der Waals surface area contributed by atoms with Gasteiger partial charge in [-0.05, 0) is 18.2 Å². The summed E-state index contributed by atoms with van der Waals surface area (Å²) in [5.74, 6) is -0.227. The van der Waals surface area contributed by atoms with Gasteiger partial charge in [-0.25, -0.2) is 4.39 Å². The standard InChI is InChI=1S/C9H7BrFN3S/c10-7-1-2-8(11)6(3-7)4-12-9-14-13-5-15-9/h1-3,5H,4H2,(H,12,14). The number of halogens is 2. The normalized spacial score (nSPS) is 10.3. The minimum Gasteiger partial charge on any atom is -0.356 e. The summed E-state index contributed by atoms with van der Waals surface area (Å²) in [7, 11) is 0. The zero-order valence-electron chi connectivity index (χ0n) is 7.58. The van der Waals surface area contributed by atoms with E-state index in [1.807, 2.05) is 0 Å².